The molecule has 2 aromatic heterocycles. The summed E-state index contributed by atoms with van der Waals surface area (Å²) in [5.74, 6) is 0.758. The minimum Gasteiger partial charge on any atom is -0.312 e. The van der Waals surface area contributed by atoms with E-state index in [0.717, 1.165) is 15.2 Å². The fraction of sp³-hybridized carbons (Fsp3) is 0.333. The Morgan fingerprint density at radius 3 is 3.00 bits per heavy atom. The molecule has 0 spiro atoms. The van der Waals surface area contributed by atoms with E-state index >= 15 is 0 Å². The number of imidazole rings is 1. The molecule has 1 N–H and O–H groups in total. The summed E-state index contributed by atoms with van der Waals surface area (Å²) in [4.78, 5) is 8.66. The van der Waals surface area contributed by atoms with Crippen molar-refractivity contribution in [1.82, 2.24) is 19.7 Å². The van der Waals surface area contributed by atoms with Crippen LogP contribution in [-0.2, 0) is 0 Å². The second-order valence-electron chi connectivity index (χ2n) is 3.09. The lowest BCUT2D eigenvalue weighted by molar-refractivity contribution is 0.633. The van der Waals surface area contributed by atoms with E-state index in [1.165, 1.54) is 0 Å². The van der Waals surface area contributed by atoms with E-state index in [1.807, 2.05) is 23.7 Å². The Morgan fingerprint density at radius 2 is 2.36 bits per heavy atom. The molecule has 2 aromatic rings. The first kappa shape index (κ1) is 9.85. The van der Waals surface area contributed by atoms with Gasteiger partial charge in [-0.25, -0.2) is 9.97 Å². The number of hydrogen-bond acceptors (Lipinski definition) is 3. The third kappa shape index (κ3) is 1.50. The van der Waals surface area contributed by atoms with Crippen LogP contribution < -0.4 is 5.32 Å². The van der Waals surface area contributed by atoms with Gasteiger partial charge in [0, 0.05) is 18.4 Å². The molecule has 0 radical (unpaired) electrons. The quantitative estimate of drug-likeness (QED) is 0.857. The van der Waals surface area contributed by atoms with Crippen LogP contribution in [0.2, 0.25) is 0 Å². The average Bonchev–Trinajstić information content (AvgIpc) is 2.56. The molecule has 0 saturated heterocycles. The Morgan fingerprint density at radius 1 is 1.57 bits per heavy atom. The Bertz CT molecular complexity index is 451. The van der Waals surface area contributed by atoms with Crippen LogP contribution in [-0.4, -0.2) is 21.4 Å². The molecule has 0 aliphatic carbocycles. The zero-order valence-corrected chi connectivity index (χ0v) is 10.2. The number of nitrogens with one attached hydrogen (secondary N) is 1. The molecule has 0 amide bonds. The van der Waals surface area contributed by atoms with Crippen molar-refractivity contribution in [1.29, 1.82) is 0 Å². The third-order valence-corrected chi connectivity index (χ3v) is 3.29. The van der Waals surface area contributed by atoms with Crippen molar-refractivity contribution in [3.05, 3.63) is 27.9 Å². The van der Waals surface area contributed by atoms with Crippen molar-refractivity contribution in [2.45, 2.75) is 13.0 Å². The SMILES string of the molecule is CN[C@H](C)c1nc2ncccn2c1I. The summed E-state index contributed by atoms with van der Waals surface area (Å²) >= 11 is 2.29. The third-order valence-electron chi connectivity index (χ3n) is 2.21. The molecule has 2 rings (SSSR count). The summed E-state index contributed by atoms with van der Waals surface area (Å²) in [5.41, 5.74) is 1.05. The molecule has 0 aliphatic heterocycles. The van der Waals surface area contributed by atoms with Crippen LogP contribution >= 0.6 is 22.6 Å². The molecule has 0 fully saturated rings. The summed E-state index contributed by atoms with van der Waals surface area (Å²) < 4.78 is 3.11. The van der Waals surface area contributed by atoms with Crippen molar-refractivity contribution in [2.24, 2.45) is 0 Å². The second kappa shape index (κ2) is 3.82. The van der Waals surface area contributed by atoms with Crippen LogP contribution in [0.25, 0.3) is 5.78 Å². The molecule has 5 heteroatoms. The minimum absolute atomic E-state index is 0.253. The Hall–Kier alpha value is -0.690. The highest BCUT2D eigenvalue weighted by molar-refractivity contribution is 14.1. The van der Waals surface area contributed by atoms with E-state index in [4.69, 9.17) is 0 Å². The van der Waals surface area contributed by atoms with Crippen LogP contribution in [0, 0.1) is 3.70 Å². The summed E-state index contributed by atoms with van der Waals surface area (Å²) in [7, 11) is 1.93. The summed E-state index contributed by atoms with van der Waals surface area (Å²) in [5, 5.41) is 3.17. The fourth-order valence-electron chi connectivity index (χ4n) is 1.29. The van der Waals surface area contributed by atoms with Gasteiger partial charge in [-0.05, 0) is 42.6 Å². The predicted octanol–water partition coefficient (Wildman–Crippen LogP) is 1.61. The van der Waals surface area contributed by atoms with E-state index in [2.05, 4.69) is 44.8 Å². The number of nitrogens with zero attached hydrogens (tertiary/aromatic N) is 3. The molecule has 1 atom stereocenters. The zero-order valence-electron chi connectivity index (χ0n) is 8.03. The molecule has 0 aliphatic rings. The molecule has 0 bridgehead atoms. The van der Waals surface area contributed by atoms with Crippen LogP contribution in [0.15, 0.2) is 18.5 Å². The Balaban J connectivity index is 2.62. The fourth-order valence-corrected chi connectivity index (χ4v) is 2.25. The smallest absolute Gasteiger partial charge is 0.234 e. The summed E-state index contributed by atoms with van der Waals surface area (Å²) in [6.45, 7) is 2.09. The number of hydrogen-bond donors (Lipinski definition) is 1. The normalized spacial score (nSPS) is 13.4. The minimum atomic E-state index is 0.253. The van der Waals surface area contributed by atoms with Gasteiger partial charge >= 0.3 is 0 Å². The van der Waals surface area contributed by atoms with E-state index in [-0.39, 0.29) is 6.04 Å². The van der Waals surface area contributed by atoms with Gasteiger partial charge in [0.2, 0.25) is 5.78 Å². The molecular formula is C9H11IN4. The van der Waals surface area contributed by atoms with E-state index in [0.29, 0.717) is 0 Å². The monoisotopic (exact) mass is 302 g/mol. The molecule has 74 valence electrons. The van der Waals surface area contributed by atoms with Crippen molar-refractivity contribution in [3.63, 3.8) is 0 Å². The van der Waals surface area contributed by atoms with Crippen molar-refractivity contribution < 1.29 is 0 Å². The standard InChI is InChI=1S/C9H11IN4/c1-6(11-2)7-8(10)14-5-3-4-12-9(14)13-7/h3-6,11H,1-2H3/t6-/m1/s1. The molecule has 0 unspecified atom stereocenters. The van der Waals surface area contributed by atoms with Gasteiger partial charge in [0.05, 0.1) is 5.69 Å². The average molecular weight is 302 g/mol. The van der Waals surface area contributed by atoms with Crippen LogP contribution in [0.5, 0.6) is 0 Å². The summed E-state index contributed by atoms with van der Waals surface area (Å²) in [6, 6.07) is 2.16. The Labute approximate surface area is 95.9 Å². The largest absolute Gasteiger partial charge is 0.312 e. The number of rotatable bonds is 2. The zero-order chi connectivity index (χ0) is 10.1. The van der Waals surface area contributed by atoms with Gasteiger partial charge in [-0.15, -0.1) is 0 Å². The highest BCUT2D eigenvalue weighted by atomic mass is 127. The highest BCUT2D eigenvalue weighted by Crippen LogP contribution is 2.19. The van der Waals surface area contributed by atoms with Gasteiger partial charge in [-0.1, -0.05) is 0 Å². The first-order valence-electron chi connectivity index (χ1n) is 4.39. The lowest BCUT2D eigenvalue weighted by Crippen LogP contribution is -2.13. The van der Waals surface area contributed by atoms with Crippen LogP contribution in [0.1, 0.15) is 18.7 Å². The van der Waals surface area contributed by atoms with E-state index in [9.17, 15) is 0 Å². The maximum absolute atomic E-state index is 4.46. The molecule has 14 heavy (non-hydrogen) atoms. The molecule has 4 nitrogen and oxygen atoms in total. The Kier molecular flexibility index (Phi) is 2.69. The number of halogens is 1. The highest BCUT2D eigenvalue weighted by Gasteiger charge is 2.14. The lowest BCUT2D eigenvalue weighted by atomic mass is 10.3. The lowest BCUT2D eigenvalue weighted by Gasteiger charge is -2.06. The number of aromatic nitrogens is 3. The molecule has 0 saturated carbocycles. The predicted molar refractivity (Wildman–Crippen MR) is 63.2 cm³/mol. The van der Waals surface area contributed by atoms with Gasteiger partial charge < -0.3 is 5.32 Å². The first-order valence-corrected chi connectivity index (χ1v) is 5.47. The van der Waals surface area contributed by atoms with E-state index < -0.39 is 0 Å². The van der Waals surface area contributed by atoms with Gasteiger partial charge in [0.15, 0.2) is 0 Å². The van der Waals surface area contributed by atoms with Crippen molar-refractivity contribution in [3.8, 4) is 0 Å². The number of fused-ring (bicyclic) bond motifs is 1. The molecule has 2 heterocycles. The van der Waals surface area contributed by atoms with Crippen LogP contribution in [0.4, 0.5) is 0 Å². The first-order chi connectivity index (χ1) is 6.74. The second-order valence-corrected chi connectivity index (χ2v) is 4.11. The van der Waals surface area contributed by atoms with Gasteiger partial charge in [-0.3, -0.25) is 4.40 Å². The topological polar surface area (TPSA) is 42.2 Å². The van der Waals surface area contributed by atoms with Crippen molar-refractivity contribution in [2.75, 3.05) is 7.05 Å². The van der Waals surface area contributed by atoms with Gasteiger partial charge in [0.1, 0.15) is 3.70 Å². The molecule has 0 aromatic carbocycles. The maximum Gasteiger partial charge on any atom is 0.234 e. The summed E-state index contributed by atoms with van der Waals surface area (Å²) in [6.07, 6.45) is 3.73. The van der Waals surface area contributed by atoms with Crippen LogP contribution in [0.3, 0.4) is 0 Å². The van der Waals surface area contributed by atoms with Gasteiger partial charge in [-0.2, -0.15) is 0 Å². The molecular weight excluding hydrogens is 291 g/mol. The van der Waals surface area contributed by atoms with Gasteiger partial charge in [0.25, 0.3) is 0 Å². The maximum atomic E-state index is 4.46. The van der Waals surface area contributed by atoms with Crippen molar-refractivity contribution >= 4 is 28.4 Å². The van der Waals surface area contributed by atoms with E-state index in [1.54, 1.807) is 6.20 Å².